The Morgan fingerprint density at radius 2 is 1.81 bits per heavy atom. The second-order valence-electron chi connectivity index (χ2n) is 4.89. The van der Waals surface area contributed by atoms with Crippen molar-refractivity contribution in [3.8, 4) is 0 Å². The van der Waals surface area contributed by atoms with E-state index in [1.165, 1.54) is 0 Å². The molecule has 0 fully saturated rings. The number of nitrogens with one attached hydrogen (secondary N) is 2. The summed E-state index contributed by atoms with van der Waals surface area (Å²) in [5, 5.41) is 3.35. The summed E-state index contributed by atoms with van der Waals surface area (Å²) in [5.74, 6) is 0. The lowest BCUT2D eigenvalue weighted by atomic mass is 10.1. The highest BCUT2D eigenvalue weighted by Crippen LogP contribution is 2.11. The summed E-state index contributed by atoms with van der Waals surface area (Å²) in [6, 6.07) is 7.07. The highest BCUT2D eigenvalue weighted by Gasteiger charge is 2.12. The number of sulfonamides is 1. The van der Waals surface area contributed by atoms with Crippen LogP contribution in [-0.4, -0.2) is 41.8 Å². The predicted octanol–water partition coefficient (Wildman–Crippen LogP) is 1.54. The Morgan fingerprint density at radius 3 is 2.43 bits per heavy atom. The predicted molar refractivity (Wildman–Crippen MR) is 85.0 cm³/mol. The van der Waals surface area contributed by atoms with Crippen LogP contribution in [0.2, 0.25) is 0 Å². The van der Waals surface area contributed by atoms with Gasteiger partial charge in [0.05, 0.1) is 11.5 Å². The minimum atomic E-state index is -3.42. The molecule has 1 aromatic rings. The molecule has 0 unspecified atom stereocenters. The molecule has 0 aliphatic carbocycles. The summed E-state index contributed by atoms with van der Waals surface area (Å²) < 4.78 is 31.3. The number of hydrogen-bond acceptors (Lipinski definition) is 4. The van der Waals surface area contributed by atoms with Crippen LogP contribution < -0.4 is 10.0 Å². The molecule has 1 aromatic carbocycles. The first kappa shape index (κ1) is 18.1. The maximum Gasteiger partial charge on any atom is 0.240 e. The van der Waals surface area contributed by atoms with Crippen LogP contribution in [0.5, 0.6) is 0 Å². The van der Waals surface area contributed by atoms with Crippen molar-refractivity contribution in [1.29, 1.82) is 0 Å². The minimum absolute atomic E-state index is 0.281. The number of aryl methyl sites for hydroxylation is 1. The van der Waals surface area contributed by atoms with E-state index in [9.17, 15) is 8.42 Å². The standard InChI is InChI=1S/C15H26N2O3S/c1-3-10-16-11-4-5-14-6-8-15(9-7-14)21(18,19)17-12-13-20-2/h6-9,16-17H,3-5,10-13H2,1-2H3. The lowest BCUT2D eigenvalue weighted by Crippen LogP contribution is -2.27. The Kier molecular flexibility index (Phi) is 8.52. The van der Waals surface area contributed by atoms with E-state index in [0.717, 1.165) is 37.9 Å². The number of ether oxygens (including phenoxy) is 1. The topological polar surface area (TPSA) is 67.4 Å². The zero-order valence-corrected chi connectivity index (χ0v) is 13.7. The zero-order valence-electron chi connectivity index (χ0n) is 12.9. The number of methoxy groups -OCH3 is 1. The molecule has 0 aromatic heterocycles. The Hall–Kier alpha value is -0.950. The molecule has 0 saturated heterocycles. The van der Waals surface area contributed by atoms with Crippen molar-refractivity contribution in [2.75, 3.05) is 33.4 Å². The van der Waals surface area contributed by atoms with E-state index in [0.29, 0.717) is 11.5 Å². The molecule has 0 spiro atoms. The zero-order chi connectivity index (χ0) is 15.6. The van der Waals surface area contributed by atoms with Gasteiger partial charge in [-0.25, -0.2) is 13.1 Å². The van der Waals surface area contributed by atoms with E-state index < -0.39 is 10.0 Å². The average Bonchev–Trinajstić information content (AvgIpc) is 2.48. The fourth-order valence-corrected chi connectivity index (χ4v) is 2.93. The van der Waals surface area contributed by atoms with Gasteiger partial charge in [-0.1, -0.05) is 19.1 Å². The second kappa shape index (κ2) is 9.89. The minimum Gasteiger partial charge on any atom is -0.383 e. The van der Waals surface area contributed by atoms with Crippen LogP contribution >= 0.6 is 0 Å². The van der Waals surface area contributed by atoms with Crippen molar-refractivity contribution in [2.24, 2.45) is 0 Å². The molecule has 120 valence electrons. The maximum atomic E-state index is 12.0. The van der Waals surface area contributed by atoms with Crippen molar-refractivity contribution in [3.05, 3.63) is 29.8 Å². The van der Waals surface area contributed by atoms with Gasteiger partial charge in [0, 0.05) is 13.7 Å². The Labute approximate surface area is 128 Å². The molecule has 21 heavy (non-hydrogen) atoms. The van der Waals surface area contributed by atoms with Crippen LogP contribution in [0.15, 0.2) is 29.2 Å². The highest BCUT2D eigenvalue weighted by molar-refractivity contribution is 7.89. The number of benzene rings is 1. The van der Waals surface area contributed by atoms with Crippen molar-refractivity contribution >= 4 is 10.0 Å². The van der Waals surface area contributed by atoms with E-state index in [1.54, 1.807) is 19.2 Å². The molecule has 1 rings (SSSR count). The fraction of sp³-hybridized carbons (Fsp3) is 0.600. The van der Waals surface area contributed by atoms with Crippen LogP contribution in [0, 0.1) is 0 Å². The fourth-order valence-electron chi connectivity index (χ4n) is 1.92. The van der Waals surface area contributed by atoms with Crippen molar-refractivity contribution in [3.63, 3.8) is 0 Å². The van der Waals surface area contributed by atoms with Crippen LogP contribution in [0.4, 0.5) is 0 Å². The number of rotatable bonds is 11. The van der Waals surface area contributed by atoms with Crippen LogP contribution in [0.1, 0.15) is 25.3 Å². The molecular weight excluding hydrogens is 288 g/mol. The van der Waals surface area contributed by atoms with E-state index in [4.69, 9.17) is 4.74 Å². The van der Waals surface area contributed by atoms with Gasteiger partial charge in [-0.15, -0.1) is 0 Å². The van der Waals surface area contributed by atoms with Crippen LogP contribution in [0.25, 0.3) is 0 Å². The average molecular weight is 314 g/mol. The van der Waals surface area contributed by atoms with E-state index in [2.05, 4.69) is 17.0 Å². The van der Waals surface area contributed by atoms with Gasteiger partial charge in [0.2, 0.25) is 10.0 Å². The summed E-state index contributed by atoms with van der Waals surface area (Å²) in [7, 11) is -1.88. The molecule has 2 N–H and O–H groups in total. The van der Waals surface area contributed by atoms with Gasteiger partial charge in [-0.05, 0) is 50.0 Å². The molecule has 0 heterocycles. The quantitative estimate of drug-likeness (QED) is 0.608. The summed E-state index contributed by atoms with van der Waals surface area (Å²) in [6.07, 6.45) is 3.15. The highest BCUT2D eigenvalue weighted by atomic mass is 32.2. The van der Waals surface area contributed by atoms with Gasteiger partial charge in [-0.2, -0.15) is 0 Å². The molecule has 0 radical (unpaired) electrons. The Morgan fingerprint density at radius 1 is 1.10 bits per heavy atom. The Balaban J connectivity index is 2.45. The molecule has 0 amide bonds. The SMILES string of the molecule is CCCNCCCc1ccc(S(=O)(=O)NCCOC)cc1. The monoisotopic (exact) mass is 314 g/mol. The summed E-state index contributed by atoms with van der Waals surface area (Å²) in [6.45, 7) is 4.83. The molecule has 6 heteroatoms. The summed E-state index contributed by atoms with van der Waals surface area (Å²) >= 11 is 0. The van der Waals surface area contributed by atoms with Gasteiger partial charge in [-0.3, -0.25) is 0 Å². The van der Waals surface area contributed by atoms with Crippen LogP contribution in [-0.2, 0) is 21.2 Å². The van der Waals surface area contributed by atoms with E-state index >= 15 is 0 Å². The van der Waals surface area contributed by atoms with E-state index in [-0.39, 0.29) is 6.54 Å². The van der Waals surface area contributed by atoms with Gasteiger partial charge >= 0.3 is 0 Å². The van der Waals surface area contributed by atoms with Crippen LogP contribution in [0.3, 0.4) is 0 Å². The van der Waals surface area contributed by atoms with Gasteiger partial charge in [0.25, 0.3) is 0 Å². The summed E-state index contributed by atoms with van der Waals surface area (Å²) in [5.41, 5.74) is 1.16. The first-order valence-electron chi connectivity index (χ1n) is 7.38. The van der Waals surface area contributed by atoms with Crippen molar-refractivity contribution in [2.45, 2.75) is 31.1 Å². The lowest BCUT2D eigenvalue weighted by Gasteiger charge is -2.07. The first-order chi connectivity index (χ1) is 10.1. The molecule has 0 aliphatic heterocycles. The largest absolute Gasteiger partial charge is 0.383 e. The Bertz CT molecular complexity index is 486. The second-order valence-corrected chi connectivity index (χ2v) is 6.66. The van der Waals surface area contributed by atoms with Gasteiger partial charge in [0.15, 0.2) is 0 Å². The third kappa shape index (κ3) is 7.04. The third-order valence-corrected chi connectivity index (χ3v) is 4.55. The molecular formula is C15H26N2O3S. The molecule has 0 bridgehead atoms. The maximum absolute atomic E-state index is 12.0. The third-order valence-electron chi connectivity index (χ3n) is 3.08. The molecule has 0 aliphatic rings. The summed E-state index contributed by atoms with van der Waals surface area (Å²) in [4.78, 5) is 0.298. The molecule has 0 saturated carbocycles. The molecule has 5 nitrogen and oxygen atoms in total. The normalized spacial score (nSPS) is 11.7. The number of hydrogen-bond donors (Lipinski definition) is 2. The smallest absolute Gasteiger partial charge is 0.240 e. The van der Waals surface area contributed by atoms with Gasteiger partial charge in [0.1, 0.15) is 0 Å². The van der Waals surface area contributed by atoms with Crippen molar-refractivity contribution < 1.29 is 13.2 Å². The molecule has 0 atom stereocenters. The van der Waals surface area contributed by atoms with Gasteiger partial charge < -0.3 is 10.1 Å². The van der Waals surface area contributed by atoms with E-state index in [1.807, 2.05) is 12.1 Å². The lowest BCUT2D eigenvalue weighted by molar-refractivity contribution is 0.204. The first-order valence-corrected chi connectivity index (χ1v) is 8.86. The van der Waals surface area contributed by atoms with Crippen molar-refractivity contribution in [1.82, 2.24) is 10.0 Å².